The maximum atomic E-state index is 12.1. The molecule has 2 atom stereocenters. The lowest BCUT2D eigenvalue weighted by atomic mass is 9.88. The van der Waals surface area contributed by atoms with Crippen LogP contribution in [0, 0.1) is 5.92 Å². The molecule has 0 spiro atoms. The second-order valence-corrected chi connectivity index (χ2v) is 7.16. The summed E-state index contributed by atoms with van der Waals surface area (Å²) >= 11 is 3.62. The third kappa shape index (κ3) is 4.89. The average Bonchev–Trinajstić information content (AvgIpc) is 2.29. The van der Waals surface area contributed by atoms with E-state index in [2.05, 4.69) is 19.2 Å². The Hall–Kier alpha value is 0.420. The van der Waals surface area contributed by atoms with Crippen LogP contribution in [-0.2, 0) is 4.79 Å². The molecule has 0 saturated carbocycles. The molecule has 2 unspecified atom stereocenters. The fourth-order valence-electron chi connectivity index (χ4n) is 1.43. The fraction of sp³-hybridized carbons (Fsp3) is 0.909. The highest BCUT2D eigenvalue weighted by atomic mass is 35.5. The van der Waals surface area contributed by atoms with E-state index in [9.17, 15) is 4.79 Å². The summed E-state index contributed by atoms with van der Waals surface area (Å²) in [6, 6.07) is 0. The number of amides is 1. The summed E-state index contributed by atoms with van der Waals surface area (Å²) in [5.74, 6) is 3.66. The van der Waals surface area contributed by atoms with Crippen molar-refractivity contribution in [2.75, 3.05) is 23.8 Å². The van der Waals surface area contributed by atoms with Crippen LogP contribution in [0.2, 0.25) is 0 Å². The van der Waals surface area contributed by atoms with E-state index in [1.165, 1.54) is 0 Å². The molecule has 1 fully saturated rings. The van der Waals surface area contributed by atoms with Gasteiger partial charge in [0.05, 0.1) is 10.8 Å². The van der Waals surface area contributed by atoms with Crippen LogP contribution in [0.15, 0.2) is 0 Å². The van der Waals surface area contributed by atoms with Crippen LogP contribution in [-0.4, -0.2) is 40.5 Å². The van der Waals surface area contributed by atoms with Gasteiger partial charge in [0.15, 0.2) is 0 Å². The Labute approximate surface area is 119 Å². The van der Waals surface area contributed by atoms with Crippen molar-refractivity contribution in [1.82, 2.24) is 5.32 Å². The number of rotatable bonds is 4. The molecule has 17 heavy (non-hydrogen) atoms. The molecule has 1 heterocycles. The van der Waals surface area contributed by atoms with Gasteiger partial charge in [0.2, 0.25) is 5.91 Å². The third-order valence-electron chi connectivity index (χ3n) is 3.22. The van der Waals surface area contributed by atoms with Crippen molar-refractivity contribution < 1.29 is 4.79 Å². The predicted octanol–water partition coefficient (Wildman–Crippen LogP) is 1.75. The standard InChI is InChI=1S/C11H22N2OS2.ClH/c1-8(2)11(3,7-12)13-10(14)9-6-15-4-5-16-9;/h8-9H,4-7,12H2,1-3H3,(H,13,14);1H. The van der Waals surface area contributed by atoms with Crippen LogP contribution in [0.3, 0.4) is 0 Å². The van der Waals surface area contributed by atoms with E-state index in [1.54, 1.807) is 11.8 Å². The van der Waals surface area contributed by atoms with Crippen LogP contribution in [0.4, 0.5) is 0 Å². The molecule has 0 radical (unpaired) electrons. The molecule has 0 aromatic carbocycles. The van der Waals surface area contributed by atoms with Gasteiger partial charge in [0.25, 0.3) is 0 Å². The molecule has 1 amide bonds. The van der Waals surface area contributed by atoms with Crippen LogP contribution in [0.5, 0.6) is 0 Å². The normalized spacial score (nSPS) is 23.7. The van der Waals surface area contributed by atoms with Crippen LogP contribution >= 0.6 is 35.9 Å². The summed E-state index contributed by atoms with van der Waals surface area (Å²) in [5, 5.41) is 3.21. The third-order valence-corrected chi connectivity index (χ3v) is 5.97. The van der Waals surface area contributed by atoms with Gasteiger partial charge in [-0.05, 0) is 12.8 Å². The molecule has 3 nitrogen and oxygen atoms in total. The molecule has 3 N–H and O–H groups in total. The van der Waals surface area contributed by atoms with Crippen LogP contribution in [0.25, 0.3) is 0 Å². The molecule has 6 heteroatoms. The number of thioether (sulfide) groups is 2. The molecule has 102 valence electrons. The van der Waals surface area contributed by atoms with E-state index in [4.69, 9.17) is 5.73 Å². The monoisotopic (exact) mass is 298 g/mol. The molecule has 0 aromatic heterocycles. The van der Waals surface area contributed by atoms with Gasteiger partial charge in [-0.1, -0.05) is 13.8 Å². The molecule has 1 aliphatic rings. The number of nitrogens with one attached hydrogen (secondary N) is 1. The van der Waals surface area contributed by atoms with E-state index >= 15 is 0 Å². The maximum absolute atomic E-state index is 12.1. The SMILES string of the molecule is CC(C)C(C)(CN)NC(=O)C1CSCCS1.Cl. The van der Waals surface area contributed by atoms with Crippen molar-refractivity contribution in [3.05, 3.63) is 0 Å². The highest BCUT2D eigenvalue weighted by molar-refractivity contribution is 8.07. The zero-order valence-electron chi connectivity index (χ0n) is 10.7. The van der Waals surface area contributed by atoms with Gasteiger partial charge in [-0.3, -0.25) is 4.79 Å². The molecule has 1 aliphatic heterocycles. The second-order valence-electron chi connectivity index (χ2n) is 4.70. The molecule has 0 aromatic rings. The molecule has 1 saturated heterocycles. The Morgan fingerprint density at radius 1 is 1.53 bits per heavy atom. The summed E-state index contributed by atoms with van der Waals surface area (Å²) in [7, 11) is 0. The largest absolute Gasteiger partial charge is 0.348 e. The highest BCUT2D eigenvalue weighted by Gasteiger charge is 2.32. The number of carbonyl (C=O) groups is 1. The van der Waals surface area contributed by atoms with Crippen LogP contribution in [0.1, 0.15) is 20.8 Å². The first kappa shape index (κ1) is 17.4. The quantitative estimate of drug-likeness (QED) is 0.830. The molecule has 1 rings (SSSR count). The number of halogens is 1. The first-order valence-corrected chi connectivity index (χ1v) is 7.91. The average molecular weight is 299 g/mol. The Kier molecular flexibility index (Phi) is 7.96. The highest BCUT2D eigenvalue weighted by Crippen LogP contribution is 2.25. The van der Waals surface area contributed by atoms with Gasteiger partial charge in [0.1, 0.15) is 0 Å². The summed E-state index contributed by atoms with van der Waals surface area (Å²) in [6.07, 6.45) is 0. The van der Waals surface area contributed by atoms with E-state index in [0.29, 0.717) is 12.5 Å². The second kappa shape index (κ2) is 7.77. The molecule has 0 aliphatic carbocycles. The van der Waals surface area contributed by atoms with Gasteiger partial charge >= 0.3 is 0 Å². The molecular weight excluding hydrogens is 276 g/mol. The van der Waals surface area contributed by atoms with Gasteiger partial charge in [-0.2, -0.15) is 11.8 Å². The van der Waals surface area contributed by atoms with Crippen molar-refractivity contribution in [2.24, 2.45) is 11.7 Å². The summed E-state index contributed by atoms with van der Waals surface area (Å²) in [5.41, 5.74) is 5.48. The van der Waals surface area contributed by atoms with E-state index in [0.717, 1.165) is 17.3 Å². The van der Waals surface area contributed by atoms with Gasteiger partial charge in [-0.25, -0.2) is 0 Å². The van der Waals surface area contributed by atoms with E-state index < -0.39 is 0 Å². The van der Waals surface area contributed by atoms with E-state index in [-0.39, 0.29) is 29.1 Å². The number of carbonyl (C=O) groups excluding carboxylic acids is 1. The summed E-state index contributed by atoms with van der Waals surface area (Å²) in [6.45, 7) is 6.70. The predicted molar refractivity (Wildman–Crippen MR) is 81.3 cm³/mol. The number of hydrogen-bond acceptors (Lipinski definition) is 4. The van der Waals surface area contributed by atoms with Gasteiger partial charge < -0.3 is 11.1 Å². The Balaban J connectivity index is 0.00000256. The summed E-state index contributed by atoms with van der Waals surface area (Å²) < 4.78 is 0. The molecule has 0 bridgehead atoms. The maximum Gasteiger partial charge on any atom is 0.234 e. The minimum Gasteiger partial charge on any atom is -0.348 e. The lowest BCUT2D eigenvalue weighted by Gasteiger charge is -2.35. The lowest BCUT2D eigenvalue weighted by molar-refractivity contribution is -0.122. The zero-order valence-corrected chi connectivity index (χ0v) is 13.1. The smallest absolute Gasteiger partial charge is 0.234 e. The minimum absolute atomic E-state index is 0. The zero-order chi connectivity index (χ0) is 12.2. The Morgan fingerprint density at radius 2 is 2.18 bits per heavy atom. The van der Waals surface area contributed by atoms with Crippen LogP contribution < -0.4 is 11.1 Å². The number of nitrogens with two attached hydrogens (primary N) is 1. The van der Waals surface area contributed by atoms with Crippen molar-refractivity contribution >= 4 is 41.8 Å². The lowest BCUT2D eigenvalue weighted by Crippen LogP contribution is -2.57. The topological polar surface area (TPSA) is 55.1 Å². The van der Waals surface area contributed by atoms with Crippen molar-refractivity contribution in [3.63, 3.8) is 0 Å². The van der Waals surface area contributed by atoms with Crippen molar-refractivity contribution in [1.29, 1.82) is 0 Å². The first-order valence-electron chi connectivity index (χ1n) is 5.71. The van der Waals surface area contributed by atoms with E-state index in [1.807, 2.05) is 18.7 Å². The van der Waals surface area contributed by atoms with Gasteiger partial charge in [0, 0.05) is 23.8 Å². The minimum atomic E-state index is -0.278. The Bertz CT molecular complexity index is 248. The van der Waals surface area contributed by atoms with Crippen molar-refractivity contribution in [2.45, 2.75) is 31.6 Å². The number of hydrogen-bond donors (Lipinski definition) is 2. The fourth-order valence-corrected chi connectivity index (χ4v) is 3.99. The van der Waals surface area contributed by atoms with Crippen molar-refractivity contribution in [3.8, 4) is 0 Å². The Morgan fingerprint density at radius 3 is 2.59 bits per heavy atom. The summed E-state index contributed by atoms with van der Waals surface area (Å²) in [4.78, 5) is 12.1. The first-order chi connectivity index (χ1) is 7.49. The van der Waals surface area contributed by atoms with Gasteiger partial charge in [-0.15, -0.1) is 24.2 Å². The molecular formula is C11H23ClN2OS2.